The van der Waals surface area contributed by atoms with E-state index in [0.29, 0.717) is 12.1 Å². The second kappa shape index (κ2) is 4.49. The minimum atomic E-state index is -0.202. The second-order valence-electron chi connectivity index (χ2n) is 4.10. The van der Waals surface area contributed by atoms with Crippen LogP contribution in [0.2, 0.25) is 0 Å². The van der Waals surface area contributed by atoms with Gasteiger partial charge in [0.2, 0.25) is 5.56 Å². The molecule has 3 N–H and O–H groups in total. The first-order chi connectivity index (χ1) is 7.66. The predicted octanol–water partition coefficient (Wildman–Crippen LogP) is -0.0618. The summed E-state index contributed by atoms with van der Waals surface area (Å²) in [7, 11) is 0. The standard InChI is InChI=1S/C11H15N3O2/c12-9-2-1-5-14(7-9)11(16)8-3-4-10(15)13-6-8/h3-4,6,9H,1-2,5,7,12H2,(H,13,15). The van der Waals surface area contributed by atoms with E-state index in [9.17, 15) is 9.59 Å². The van der Waals surface area contributed by atoms with Crippen molar-refractivity contribution in [1.29, 1.82) is 0 Å². The topological polar surface area (TPSA) is 79.2 Å². The fourth-order valence-corrected chi connectivity index (χ4v) is 1.92. The van der Waals surface area contributed by atoms with Crippen LogP contribution in [-0.2, 0) is 0 Å². The van der Waals surface area contributed by atoms with Crippen molar-refractivity contribution < 1.29 is 4.79 Å². The molecule has 5 nitrogen and oxygen atoms in total. The molecule has 86 valence electrons. The van der Waals surface area contributed by atoms with E-state index < -0.39 is 0 Å². The number of hydrogen-bond donors (Lipinski definition) is 2. The smallest absolute Gasteiger partial charge is 0.255 e. The van der Waals surface area contributed by atoms with Crippen LogP contribution < -0.4 is 11.3 Å². The van der Waals surface area contributed by atoms with E-state index in [0.717, 1.165) is 19.4 Å². The lowest BCUT2D eigenvalue weighted by molar-refractivity contribution is 0.0708. The molecule has 0 spiro atoms. The Morgan fingerprint density at radius 3 is 2.94 bits per heavy atom. The van der Waals surface area contributed by atoms with Crippen LogP contribution in [0.15, 0.2) is 23.1 Å². The third-order valence-corrected chi connectivity index (χ3v) is 2.78. The Morgan fingerprint density at radius 2 is 2.31 bits per heavy atom. The van der Waals surface area contributed by atoms with Crippen molar-refractivity contribution in [3.63, 3.8) is 0 Å². The first kappa shape index (κ1) is 10.9. The van der Waals surface area contributed by atoms with Crippen molar-refractivity contribution >= 4 is 5.91 Å². The Labute approximate surface area is 93.3 Å². The molecule has 1 saturated heterocycles. The van der Waals surface area contributed by atoms with Crippen molar-refractivity contribution in [2.24, 2.45) is 5.73 Å². The molecule has 1 aliphatic rings. The highest BCUT2D eigenvalue weighted by Crippen LogP contribution is 2.11. The molecule has 16 heavy (non-hydrogen) atoms. The zero-order valence-corrected chi connectivity index (χ0v) is 8.98. The van der Waals surface area contributed by atoms with E-state index in [4.69, 9.17) is 5.73 Å². The van der Waals surface area contributed by atoms with Gasteiger partial charge in [-0.25, -0.2) is 0 Å². The molecule has 1 aromatic rings. The maximum atomic E-state index is 12.0. The number of rotatable bonds is 1. The molecule has 2 rings (SSSR count). The Bertz CT molecular complexity index is 421. The predicted molar refractivity (Wildman–Crippen MR) is 60.2 cm³/mol. The van der Waals surface area contributed by atoms with Gasteiger partial charge in [-0.2, -0.15) is 0 Å². The zero-order valence-electron chi connectivity index (χ0n) is 8.98. The summed E-state index contributed by atoms with van der Waals surface area (Å²) in [5.74, 6) is -0.0635. The van der Waals surface area contributed by atoms with Gasteiger partial charge in [0.1, 0.15) is 0 Å². The lowest BCUT2D eigenvalue weighted by Crippen LogP contribution is -2.45. The first-order valence-electron chi connectivity index (χ1n) is 5.40. The van der Waals surface area contributed by atoms with E-state index in [1.165, 1.54) is 12.3 Å². The first-order valence-corrected chi connectivity index (χ1v) is 5.40. The van der Waals surface area contributed by atoms with Gasteiger partial charge in [0, 0.05) is 31.4 Å². The number of aromatic amines is 1. The van der Waals surface area contributed by atoms with Crippen LogP contribution in [0.4, 0.5) is 0 Å². The van der Waals surface area contributed by atoms with Gasteiger partial charge >= 0.3 is 0 Å². The number of pyridine rings is 1. The Hall–Kier alpha value is -1.62. The highest BCUT2D eigenvalue weighted by Gasteiger charge is 2.22. The Kier molecular flexibility index (Phi) is 3.05. The van der Waals surface area contributed by atoms with Crippen molar-refractivity contribution in [1.82, 2.24) is 9.88 Å². The molecule has 1 amide bonds. The van der Waals surface area contributed by atoms with Crippen LogP contribution in [0.3, 0.4) is 0 Å². The van der Waals surface area contributed by atoms with Gasteiger partial charge < -0.3 is 15.6 Å². The maximum absolute atomic E-state index is 12.0. The lowest BCUT2D eigenvalue weighted by atomic mass is 10.1. The number of nitrogens with two attached hydrogens (primary N) is 1. The minimum Gasteiger partial charge on any atom is -0.337 e. The van der Waals surface area contributed by atoms with Crippen LogP contribution in [0.25, 0.3) is 0 Å². The zero-order chi connectivity index (χ0) is 11.5. The van der Waals surface area contributed by atoms with Crippen molar-refractivity contribution in [2.45, 2.75) is 18.9 Å². The van der Waals surface area contributed by atoms with Gasteiger partial charge in [0.05, 0.1) is 5.56 Å². The van der Waals surface area contributed by atoms with Crippen molar-refractivity contribution in [3.8, 4) is 0 Å². The largest absolute Gasteiger partial charge is 0.337 e. The highest BCUT2D eigenvalue weighted by atomic mass is 16.2. The number of likely N-dealkylation sites (tertiary alicyclic amines) is 1. The van der Waals surface area contributed by atoms with Crippen LogP contribution in [0, 0.1) is 0 Å². The van der Waals surface area contributed by atoms with E-state index in [-0.39, 0.29) is 17.5 Å². The van der Waals surface area contributed by atoms with Gasteiger partial charge in [-0.3, -0.25) is 9.59 Å². The van der Waals surface area contributed by atoms with Crippen LogP contribution >= 0.6 is 0 Å². The molecule has 2 heterocycles. The van der Waals surface area contributed by atoms with Gasteiger partial charge in [0.15, 0.2) is 0 Å². The van der Waals surface area contributed by atoms with Gasteiger partial charge in [-0.1, -0.05) is 0 Å². The Balaban J connectivity index is 2.12. The number of piperidine rings is 1. The molecule has 5 heteroatoms. The molecule has 1 aromatic heterocycles. The monoisotopic (exact) mass is 221 g/mol. The number of nitrogens with one attached hydrogen (secondary N) is 1. The number of hydrogen-bond acceptors (Lipinski definition) is 3. The van der Waals surface area contributed by atoms with Gasteiger partial charge in [-0.05, 0) is 18.9 Å². The molecule has 1 fully saturated rings. The quantitative estimate of drug-likeness (QED) is 0.697. The average molecular weight is 221 g/mol. The Morgan fingerprint density at radius 1 is 1.50 bits per heavy atom. The maximum Gasteiger partial charge on any atom is 0.255 e. The number of amides is 1. The van der Waals surface area contributed by atoms with Gasteiger partial charge in [0.25, 0.3) is 5.91 Å². The number of aromatic nitrogens is 1. The minimum absolute atomic E-state index is 0.0635. The number of carbonyl (C=O) groups is 1. The van der Waals surface area contributed by atoms with E-state index in [1.54, 1.807) is 11.0 Å². The summed E-state index contributed by atoms with van der Waals surface area (Å²) >= 11 is 0. The normalized spacial score (nSPS) is 20.8. The summed E-state index contributed by atoms with van der Waals surface area (Å²) in [5, 5.41) is 0. The molecule has 1 aliphatic heterocycles. The van der Waals surface area contributed by atoms with E-state index >= 15 is 0 Å². The van der Waals surface area contributed by atoms with Crippen molar-refractivity contribution in [2.75, 3.05) is 13.1 Å². The summed E-state index contributed by atoms with van der Waals surface area (Å²) in [4.78, 5) is 27.1. The number of nitrogens with zero attached hydrogens (tertiary/aromatic N) is 1. The fraction of sp³-hybridized carbons (Fsp3) is 0.455. The molecule has 0 aliphatic carbocycles. The summed E-state index contributed by atoms with van der Waals surface area (Å²) in [6, 6.07) is 2.97. The van der Waals surface area contributed by atoms with Crippen LogP contribution in [-0.4, -0.2) is 34.9 Å². The molecule has 0 radical (unpaired) electrons. The van der Waals surface area contributed by atoms with Crippen LogP contribution in [0.1, 0.15) is 23.2 Å². The average Bonchev–Trinajstić information content (AvgIpc) is 2.29. The van der Waals surface area contributed by atoms with E-state index in [1.807, 2.05) is 0 Å². The second-order valence-corrected chi connectivity index (χ2v) is 4.10. The summed E-state index contributed by atoms with van der Waals surface area (Å²) < 4.78 is 0. The molecule has 1 atom stereocenters. The van der Waals surface area contributed by atoms with Crippen LogP contribution in [0.5, 0.6) is 0 Å². The molecule has 0 bridgehead atoms. The highest BCUT2D eigenvalue weighted by molar-refractivity contribution is 5.93. The third kappa shape index (κ3) is 2.30. The van der Waals surface area contributed by atoms with Gasteiger partial charge in [-0.15, -0.1) is 0 Å². The molecular formula is C11H15N3O2. The number of carbonyl (C=O) groups excluding carboxylic acids is 1. The molecule has 0 saturated carbocycles. The molecule has 1 unspecified atom stereocenters. The summed E-state index contributed by atoms with van der Waals surface area (Å²) in [6.45, 7) is 1.34. The number of H-pyrrole nitrogens is 1. The molecule has 0 aromatic carbocycles. The van der Waals surface area contributed by atoms with E-state index in [2.05, 4.69) is 4.98 Å². The fourth-order valence-electron chi connectivity index (χ4n) is 1.92. The third-order valence-electron chi connectivity index (χ3n) is 2.78. The lowest BCUT2D eigenvalue weighted by Gasteiger charge is -2.30. The summed E-state index contributed by atoms with van der Waals surface area (Å²) in [5.41, 5.74) is 6.12. The SMILES string of the molecule is NC1CCCN(C(=O)c2ccc(=O)[nH]c2)C1. The summed E-state index contributed by atoms with van der Waals surface area (Å²) in [6.07, 6.45) is 3.36. The molecular weight excluding hydrogens is 206 g/mol. The van der Waals surface area contributed by atoms with Crippen molar-refractivity contribution in [3.05, 3.63) is 34.2 Å².